The lowest BCUT2D eigenvalue weighted by Gasteiger charge is -1.96. The van der Waals surface area contributed by atoms with Gasteiger partial charge in [-0.3, -0.25) is 0 Å². The number of hydrogen-bond donors (Lipinski definition) is 1. The van der Waals surface area contributed by atoms with E-state index in [-0.39, 0.29) is 5.82 Å². The van der Waals surface area contributed by atoms with E-state index in [2.05, 4.69) is 32.6 Å². The Kier molecular flexibility index (Phi) is 5.01. The molecule has 0 aliphatic rings. The first kappa shape index (κ1) is 18.3. The van der Waals surface area contributed by atoms with Gasteiger partial charge in [0.25, 0.3) is 0 Å². The molecule has 0 saturated carbocycles. The molecule has 5 nitrogen and oxygen atoms in total. The smallest absolute Gasteiger partial charge is 0.237 e. The van der Waals surface area contributed by atoms with Gasteiger partial charge in [0.1, 0.15) is 11.5 Å². The van der Waals surface area contributed by atoms with Gasteiger partial charge < -0.3 is 9.51 Å². The highest BCUT2D eigenvalue weighted by Crippen LogP contribution is 2.37. The monoisotopic (exact) mass is 440 g/mol. The molecule has 1 N–H and O–H groups in total. The number of nitrogens with one attached hydrogen (secondary N) is 1. The van der Waals surface area contributed by atoms with Gasteiger partial charge in [-0.25, -0.2) is 9.37 Å². The highest BCUT2D eigenvalue weighted by atomic mass is 32.2. The first-order chi connectivity index (χ1) is 14.3. The lowest BCUT2D eigenvalue weighted by Crippen LogP contribution is -1.84. The second-order valence-electron chi connectivity index (χ2n) is 6.03. The van der Waals surface area contributed by atoms with E-state index in [9.17, 15) is 4.39 Å². The largest absolute Gasteiger partial charge is 0.338 e. The van der Waals surface area contributed by atoms with Crippen molar-refractivity contribution in [2.24, 2.45) is 0 Å². The van der Waals surface area contributed by atoms with Gasteiger partial charge in [-0.1, -0.05) is 29.1 Å². The van der Waals surface area contributed by atoms with Crippen molar-refractivity contribution in [2.45, 2.75) is 10.9 Å². The fourth-order valence-electron chi connectivity index (χ4n) is 2.77. The van der Waals surface area contributed by atoms with Gasteiger partial charge in [-0.15, -0.1) is 22.7 Å². The normalized spacial score (nSPS) is 11.2. The van der Waals surface area contributed by atoms with Crippen molar-refractivity contribution >= 4 is 34.4 Å². The van der Waals surface area contributed by atoms with Crippen LogP contribution in [-0.2, 0) is 5.75 Å². The minimum absolute atomic E-state index is 0.297. The van der Waals surface area contributed by atoms with E-state index in [0.717, 1.165) is 26.3 Å². The van der Waals surface area contributed by atoms with E-state index in [1.807, 2.05) is 17.5 Å². The molecule has 0 atom stereocenters. The van der Waals surface area contributed by atoms with Gasteiger partial charge in [0, 0.05) is 5.56 Å². The topological polar surface area (TPSA) is 67.6 Å². The molecule has 0 radical (unpaired) electrons. The fraction of sp³-hybridized carbons (Fsp3) is 0.0500. The second kappa shape index (κ2) is 7.94. The molecule has 144 valence electrons. The van der Waals surface area contributed by atoms with Crippen LogP contribution in [0.15, 0.2) is 69.0 Å². The summed E-state index contributed by atoms with van der Waals surface area (Å²) in [5, 5.41) is 8.87. The second-order valence-corrected chi connectivity index (χ2v) is 8.89. The maximum absolute atomic E-state index is 13.1. The van der Waals surface area contributed by atoms with Gasteiger partial charge in [0.05, 0.1) is 21.2 Å². The summed E-state index contributed by atoms with van der Waals surface area (Å²) in [6, 6.07) is 14.2. The Balaban J connectivity index is 1.36. The van der Waals surface area contributed by atoms with Crippen LogP contribution < -0.4 is 0 Å². The summed E-state index contributed by atoms with van der Waals surface area (Å²) in [7, 11) is 0. The third-order valence-corrected chi connectivity index (χ3v) is 6.73. The number of rotatable bonds is 6. The Bertz CT molecular complexity index is 1160. The summed E-state index contributed by atoms with van der Waals surface area (Å²) in [6.45, 7) is 0. The van der Waals surface area contributed by atoms with E-state index in [1.165, 1.54) is 23.9 Å². The molecular weight excluding hydrogens is 427 g/mol. The van der Waals surface area contributed by atoms with Crippen LogP contribution in [0.3, 0.4) is 0 Å². The number of thioether (sulfide) groups is 1. The molecule has 0 bridgehead atoms. The van der Waals surface area contributed by atoms with Crippen LogP contribution in [0.5, 0.6) is 0 Å². The number of aromatic amines is 1. The van der Waals surface area contributed by atoms with E-state index < -0.39 is 0 Å². The summed E-state index contributed by atoms with van der Waals surface area (Å²) in [6.07, 6.45) is 0. The summed E-state index contributed by atoms with van der Waals surface area (Å²) >= 11 is 4.84. The highest BCUT2D eigenvalue weighted by Gasteiger charge is 2.17. The third-order valence-electron chi connectivity index (χ3n) is 4.11. The van der Waals surface area contributed by atoms with E-state index in [4.69, 9.17) is 9.51 Å². The van der Waals surface area contributed by atoms with Gasteiger partial charge in [-0.05, 0) is 47.2 Å². The molecule has 9 heteroatoms. The van der Waals surface area contributed by atoms with E-state index >= 15 is 0 Å². The van der Waals surface area contributed by atoms with Crippen LogP contribution in [0.2, 0.25) is 0 Å². The minimum atomic E-state index is -0.297. The molecule has 0 aliphatic carbocycles. The van der Waals surface area contributed by atoms with Crippen molar-refractivity contribution in [1.29, 1.82) is 0 Å². The minimum Gasteiger partial charge on any atom is -0.338 e. The van der Waals surface area contributed by atoms with Gasteiger partial charge in [0.2, 0.25) is 11.7 Å². The Morgan fingerprint density at radius 2 is 1.72 bits per heavy atom. The van der Waals surface area contributed by atoms with Gasteiger partial charge in [-0.2, -0.15) is 4.98 Å². The predicted molar refractivity (Wildman–Crippen MR) is 114 cm³/mol. The molecule has 4 aromatic heterocycles. The molecule has 0 amide bonds. The summed E-state index contributed by atoms with van der Waals surface area (Å²) in [4.78, 5) is 14.9. The van der Waals surface area contributed by atoms with Crippen molar-refractivity contribution in [1.82, 2.24) is 20.1 Å². The first-order valence-electron chi connectivity index (χ1n) is 8.65. The first-order valence-corrected chi connectivity index (χ1v) is 11.4. The maximum atomic E-state index is 13.1. The average Bonchev–Trinajstić information content (AvgIpc) is 3.54. The Labute approximate surface area is 177 Å². The van der Waals surface area contributed by atoms with Gasteiger partial charge in [0.15, 0.2) is 5.16 Å². The summed E-state index contributed by atoms with van der Waals surface area (Å²) in [5.74, 6) is 1.11. The Hall–Kier alpha value is -2.75. The summed E-state index contributed by atoms with van der Waals surface area (Å²) < 4.78 is 18.4. The van der Waals surface area contributed by atoms with Crippen LogP contribution in [-0.4, -0.2) is 20.1 Å². The number of hydrogen-bond acceptors (Lipinski definition) is 7. The van der Waals surface area contributed by atoms with Crippen LogP contribution in [0.4, 0.5) is 4.39 Å². The lowest BCUT2D eigenvalue weighted by atomic mass is 10.2. The highest BCUT2D eigenvalue weighted by molar-refractivity contribution is 7.98. The molecule has 4 heterocycles. The van der Waals surface area contributed by atoms with Crippen molar-refractivity contribution in [3.05, 3.63) is 71.0 Å². The number of imidazole rings is 1. The molecule has 0 saturated heterocycles. The third kappa shape index (κ3) is 3.89. The molecule has 0 unspecified atom stereocenters. The van der Waals surface area contributed by atoms with Crippen molar-refractivity contribution in [3.8, 4) is 32.5 Å². The molecule has 1 aromatic carbocycles. The van der Waals surface area contributed by atoms with Crippen LogP contribution >= 0.6 is 34.4 Å². The van der Waals surface area contributed by atoms with E-state index in [0.29, 0.717) is 23.0 Å². The maximum Gasteiger partial charge on any atom is 0.237 e. The number of H-pyrrole nitrogens is 1. The molecule has 0 fully saturated rings. The van der Waals surface area contributed by atoms with Gasteiger partial charge >= 0.3 is 0 Å². The number of benzene rings is 1. The number of halogens is 1. The molecular formula is C20H13FN4OS3. The Morgan fingerprint density at radius 1 is 0.966 bits per heavy atom. The van der Waals surface area contributed by atoms with Crippen molar-refractivity contribution in [3.63, 3.8) is 0 Å². The van der Waals surface area contributed by atoms with Crippen molar-refractivity contribution in [2.75, 3.05) is 0 Å². The zero-order valence-corrected chi connectivity index (χ0v) is 17.3. The lowest BCUT2D eigenvalue weighted by molar-refractivity contribution is 0.391. The molecule has 0 spiro atoms. The number of aromatic nitrogens is 4. The quantitative estimate of drug-likeness (QED) is 0.312. The predicted octanol–water partition coefficient (Wildman–Crippen LogP) is 6.35. The van der Waals surface area contributed by atoms with Crippen LogP contribution in [0.25, 0.3) is 32.5 Å². The standard InChI is InChI=1S/C20H13FN4OS3/c21-13-7-5-12(6-8-13)19-22-16(26-25-19)11-29-20-23-17(14-3-1-9-27-14)18(24-20)15-4-2-10-28-15/h1-10H,11H2,(H,23,24). The molecule has 29 heavy (non-hydrogen) atoms. The molecule has 5 aromatic rings. The van der Waals surface area contributed by atoms with E-state index in [1.54, 1.807) is 34.8 Å². The summed E-state index contributed by atoms with van der Waals surface area (Å²) in [5.41, 5.74) is 2.68. The van der Waals surface area contributed by atoms with Crippen molar-refractivity contribution < 1.29 is 8.91 Å². The van der Waals surface area contributed by atoms with Crippen LogP contribution in [0, 0.1) is 5.82 Å². The SMILES string of the molecule is Fc1ccc(-c2noc(CSc3nc(-c4cccs4)c(-c4cccs4)[nH]3)n2)cc1. The average molecular weight is 441 g/mol. The zero-order valence-electron chi connectivity index (χ0n) is 14.8. The number of thiophene rings is 2. The Morgan fingerprint density at radius 3 is 2.45 bits per heavy atom. The fourth-order valence-corrected chi connectivity index (χ4v) is 4.92. The molecule has 0 aliphatic heterocycles. The zero-order chi connectivity index (χ0) is 19.6. The molecule has 5 rings (SSSR count). The number of nitrogens with zero attached hydrogens (tertiary/aromatic N) is 3. The van der Waals surface area contributed by atoms with Crippen LogP contribution in [0.1, 0.15) is 5.89 Å².